The summed E-state index contributed by atoms with van der Waals surface area (Å²) in [6, 6.07) is 8.48. The Morgan fingerprint density at radius 3 is 2.39 bits per heavy atom. The number of amides is 1. The fourth-order valence-electron chi connectivity index (χ4n) is 1.67. The second-order valence-corrected chi connectivity index (χ2v) is 5.53. The highest BCUT2D eigenvalue weighted by Crippen LogP contribution is 2.32. The van der Waals surface area contributed by atoms with E-state index >= 15 is 0 Å². The Bertz CT molecular complexity index is 747. The van der Waals surface area contributed by atoms with Gasteiger partial charge in [-0.15, -0.1) is 0 Å². The van der Waals surface area contributed by atoms with E-state index in [1.807, 2.05) is 0 Å². The lowest BCUT2D eigenvalue weighted by Crippen LogP contribution is -2.20. The third kappa shape index (κ3) is 4.48. The third-order valence-corrected chi connectivity index (χ3v) is 3.63. The van der Waals surface area contributed by atoms with Gasteiger partial charge in [-0.3, -0.25) is 14.9 Å². The van der Waals surface area contributed by atoms with Gasteiger partial charge in [0.1, 0.15) is 0 Å². The van der Waals surface area contributed by atoms with Gasteiger partial charge in [0.25, 0.3) is 11.6 Å². The molecule has 0 aliphatic rings. The number of nitro groups is 1. The number of para-hydroxylation sites is 1. The lowest BCUT2D eigenvalue weighted by Gasteiger charge is -2.10. The molecule has 0 saturated carbocycles. The molecule has 1 N–H and O–H groups in total. The smallest absolute Gasteiger partial charge is 0.271 e. The van der Waals surface area contributed by atoms with E-state index in [0.717, 1.165) is 6.07 Å². The molecular formula is C14H9Cl3N2O4. The number of hydrogen-bond donors (Lipinski definition) is 1. The molecule has 1 amide bonds. The zero-order valence-electron chi connectivity index (χ0n) is 11.4. The first-order valence-electron chi connectivity index (χ1n) is 6.19. The van der Waals surface area contributed by atoms with E-state index in [0.29, 0.717) is 0 Å². The number of hydrogen-bond acceptors (Lipinski definition) is 4. The Kier molecular flexibility index (Phi) is 5.65. The SMILES string of the molecule is O=C(COc1c(Cl)cccc1Cl)Nc1cc([N+](=O)[O-])ccc1Cl. The minimum atomic E-state index is -0.591. The summed E-state index contributed by atoms with van der Waals surface area (Å²) in [5, 5.41) is 13.9. The zero-order valence-corrected chi connectivity index (χ0v) is 13.7. The standard InChI is InChI=1S/C14H9Cl3N2O4/c15-9-5-4-8(19(21)22)6-12(9)18-13(20)7-23-14-10(16)2-1-3-11(14)17/h1-6H,7H2,(H,18,20). The maximum Gasteiger partial charge on any atom is 0.271 e. The van der Waals surface area contributed by atoms with Crippen LogP contribution in [0.2, 0.25) is 15.1 Å². The molecule has 23 heavy (non-hydrogen) atoms. The Morgan fingerprint density at radius 1 is 1.13 bits per heavy atom. The van der Waals surface area contributed by atoms with Crippen LogP contribution in [0.4, 0.5) is 11.4 Å². The molecule has 2 aromatic rings. The number of nitro benzene ring substituents is 1. The fourth-order valence-corrected chi connectivity index (χ4v) is 2.34. The molecule has 0 aromatic heterocycles. The summed E-state index contributed by atoms with van der Waals surface area (Å²) < 4.78 is 5.27. The van der Waals surface area contributed by atoms with Crippen LogP contribution in [0.3, 0.4) is 0 Å². The van der Waals surface area contributed by atoms with Gasteiger partial charge in [0.15, 0.2) is 12.4 Å². The van der Waals surface area contributed by atoms with Crippen LogP contribution >= 0.6 is 34.8 Å². The molecule has 0 radical (unpaired) electrons. The topological polar surface area (TPSA) is 81.5 Å². The summed E-state index contributed by atoms with van der Waals surface area (Å²) in [6.07, 6.45) is 0. The van der Waals surface area contributed by atoms with Crippen molar-refractivity contribution in [3.8, 4) is 5.75 Å². The molecule has 0 atom stereocenters. The second kappa shape index (κ2) is 7.50. The summed E-state index contributed by atoms with van der Waals surface area (Å²) >= 11 is 17.7. The van der Waals surface area contributed by atoms with Crippen molar-refractivity contribution in [1.82, 2.24) is 0 Å². The lowest BCUT2D eigenvalue weighted by atomic mass is 10.3. The summed E-state index contributed by atoms with van der Waals surface area (Å²) in [4.78, 5) is 22.0. The average Bonchev–Trinajstić information content (AvgIpc) is 2.48. The first-order chi connectivity index (χ1) is 10.9. The van der Waals surface area contributed by atoms with Crippen LogP contribution in [0.5, 0.6) is 5.75 Å². The van der Waals surface area contributed by atoms with Crippen LogP contribution < -0.4 is 10.1 Å². The van der Waals surface area contributed by atoms with E-state index in [1.54, 1.807) is 18.2 Å². The number of nitrogens with one attached hydrogen (secondary N) is 1. The molecule has 0 heterocycles. The molecule has 0 aliphatic carbocycles. The molecule has 0 unspecified atom stereocenters. The Labute approximate surface area is 146 Å². The fraction of sp³-hybridized carbons (Fsp3) is 0.0714. The van der Waals surface area contributed by atoms with E-state index in [2.05, 4.69) is 5.32 Å². The van der Waals surface area contributed by atoms with E-state index in [9.17, 15) is 14.9 Å². The Balaban J connectivity index is 2.06. The summed E-state index contributed by atoms with van der Waals surface area (Å²) in [7, 11) is 0. The van der Waals surface area contributed by atoms with E-state index in [4.69, 9.17) is 39.5 Å². The number of carbonyl (C=O) groups is 1. The second-order valence-electron chi connectivity index (χ2n) is 4.31. The van der Waals surface area contributed by atoms with Gasteiger partial charge in [0.2, 0.25) is 0 Å². The van der Waals surface area contributed by atoms with Gasteiger partial charge in [-0.25, -0.2) is 0 Å². The highest BCUT2D eigenvalue weighted by Gasteiger charge is 2.14. The molecule has 0 saturated heterocycles. The Morgan fingerprint density at radius 2 is 1.78 bits per heavy atom. The minimum absolute atomic E-state index is 0.111. The molecule has 0 spiro atoms. The van der Waals surface area contributed by atoms with Gasteiger partial charge in [-0.2, -0.15) is 0 Å². The number of non-ortho nitro benzene ring substituents is 1. The molecule has 120 valence electrons. The van der Waals surface area contributed by atoms with Crippen molar-refractivity contribution in [3.05, 3.63) is 61.6 Å². The number of anilines is 1. The third-order valence-electron chi connectivity index (χ3n) is 2.70. The molecule has 2 rings (SSSR count). The van der Waals surface area contributed by atoms with Crippen molar-refractivity contribution < 1.29 is 14.5 Å². The number of carbonyl (C=O) groups excluding carboxylic acids is 1. The summed E-state index contributed by atoms with van der Waals surface area (Å²) in [5.41, 5.74) is -0.0838. The highest BCUT2D eigenvalue weighted by atomic mass is 35.5. The van der Waals surface area contributed by atoms with Crippen molar-refractivity contribution in [2.24, 2.45) is 0 Å². The van der Waals surface area contributed by atoms with Gasteiger partial charge in [0.05, 0.1) is 25.7 Å². The zero-order chi connectivity index (χ0) is 17.0. The van der Waals surface area contributed by atoms with Crippen LogP contribution in [-0.2, 0) is 4.79 Å². The molecule has 2 aromatic carbocycles. The monoisotopic (exact) mass is 374 g/mol. The molecule has 9 heteroatoms. The van der Waals surface area contributed by atoms with Crippen LogP contribution in [0.25, 0.3) is 0 Å². The first kappa shape index (κ1) is 17.3. The van der Waals surface area contributed by atoms with Gasteiger partial charge in [0, 0.05) is 12.1 Å². The van der Waals surface area contributed by atoms with Gasteiger partial charge in [-0.05, 0) is 18.2 Å². The maximum atomic E-state index is 11.9. The molecule has 6 nitrogen and oxygen atoms in total. The molecule has 0 fully saturated rings. The highest BCUT2D eigenvalue weighted by molar-refractivity contribution is 6.37. The van der Waals surface area contributed by atoms with Crippen LogP contribution in [0.15, 0.2) is 36.4 Å². The van der Waals surface area contributed by atoms with Crippen molar-refractivity contribution in [2.75, 3.05) is 11.9 Å². The molecule has 0 aliphatic heterocycles. The Hall–Kier alpha value is -2.02. The van der Waals surface area contributed by atoms with Crippen LogP contribution in [-0.4, -0.2) is 17.4 Å². The van der Waals surface area contributed by atoms with Crippen molar-refractivity contribution >= 4 is 52.1 Å². The number of benzene rings is 2. The lowest BCUT2D eigenvalue weighted by molar-refractivity contribution is -0.384. The minimum Gasteiger partial charge on any atom is -0.481 e. The summed E-state index contributed by atoms with van der Waals surface area (Å²) in [5.74, 6) is -0.389. The van der Waals surface area contributed by atoms with Gasteiger partial charge >= 0.3 is 0 Å². The number of rotatable bonds is 5. The van der Waals surface area contributed by atoms with Crippen molar-refractivity contribution in [3.63, 3.8) is 0 Å². The normalized spacial score (nSPS) is 10.2. The van der Waals surface area contributed by atoms with E-state index in [-0.39, 0.29) is 38.8 Å². The van der Waals surface area contributed by atoms with E-state index < -0.39 is 10.8 Å². The summed E-state index contributed by atoms with van der Waals surface area (Å²) in [6.45, 7) is -0.386. The van der Waals surface area contributed by atoms with Crippen molar-refractivity contribution in [2.45, 2.75) is 0 Å². The average molecular weight is 376 g/mol. The van der Waals surface area contributed by atoms with Crippen molar-refractivity contribution in [1.29, 1.82) is 0 Å². The van der Waals surface area contributed by atoms with E-state index in [1.165, 1.54) is 12.1 Å². The van der Waals surface area contributed by atoms with Crippen LogP contribution in [0, 0.1) is 10.1 Å². The predicted molar refractivity (Wildman–Crippen MR) is 88.7 cm³/mol. The van der Waals surface area contributed by atoms with Gasteiger partial charge in [-0.1, -0.05) is 40.9 Å². The maximum absolute atomic E-state index is 11.9. The number of ether oxygens (including phenoxy) is 1. The number of halogens is 3. The largest absolute Gasteiger partial charge is 0.481 e. The molecule has 0 bridgehead atoms. The first-order valence-corrected chi connectivity index (χ1v) is 7.32. The van der Waals surface area contributed by atoms with Gasteiger partial charge < -0.3 is 10.1 Å². The van der Waals surface area contributed by atoms with Crippen LogP contribution in [0.1, 0.15) is 0 Å². The molecular weight excluding hydrogens is 367 g/mol. The quantitative estimate of drug-likeness (QED) is 0.613. The predicted octanol–water partition coefficient (Wildman–Crippen LogP) is 4.57. The number of nitrogens with zero attached hydrogens (tertiary/aromatic N) is 1.